The molecule has 0 amide bonds. The van der Waals surface area contributed by atoms with Crippen LogP contribution in [0.1, 0.15) is 6.92 Å². The predicted molar refractivity (Wildman–Crippen MR) is 41.2 cm³/mol. The Hall–Kier alpha value is -0.760. The van der Waals surface area contributed by atoms with Gasteiger partial charge < -0.3 is 9.05 Å². The van der Waals surface area contributed by atoms with Crippen LogP contribution in [0, 0.1) is 5.39 Å². The molecule has 0 aliphatic heterocycles. The van der Waals surface area contributed by atoms with Gasteiger partial charge in [0.25, 0.3) is 0 Å². The van der Waals surface area contributed by atoms with E-state index in [0.717, 1.165) is 21.1 Å². The molecule has 0 bridgehead atoms. The highest BCUT2D eigenvalue weighted by molar-refractivity contribution is 7.55. The number of rotatable bonds is 4. The summed E-state index contributed by atoms with van der Waals surface area (Å²) in [5.74, 6) is -2.03. The van der Waals surface area contributed by atoms with Crippen LogP contribution in [-0.4, -0.2) is 25.8 Å². The summed E-state index contributed by atoms with van der Waals surface area (Å²) >= 11 is 0. The summed E-state index contributed by atoms with van der Waals surface area (Å²) in [7, 11) is -1.38. The van der Waals surface area contributed by atoms with Crippen molar-refractivity contribution < 1.29 is 18.4 Å². The second-order valence-corrected chi connectivity index (χ2v) is 4.30. The normalized spacial score (nSPS) is 13.5. The Balaban J connectivity index is 4.84. The summed E-state index contributed by atoms with van der Waals surface area (Å²) in [5.41, 5.74) is 0. The summed E-state index contributed by atoms with van der Waals surface area (Å²) < 4.78 is 20.3. The van der Waals surface area contributed by atoms with Gasteiger partial charge in [0.1, 0.15) is 4.98 Å². The molecule has 0 spiro atoms. The van der Waals surface area contributed by atoms with E-state index in [9.17, 15) is 9.36 Å². The Kier molecular flexibility index (Phi) is 4.04. The summed E-state index contributed by atoms with van der Waals surface area (Å²) in [4.78, 5) is 13.4. The van der Waals surface area contributed by atoms with E-state index in [4.69, 9.17) is 5.39 Å². The second kappa shape index (κ2) is 4.31. The standard InChI is InChI=1S/C5H10N2O4P/c1-4(8)5(7-6)12(9,10-2)11-3/h5H,1-3H3/q+1/t5-/m1/s1. The molecule has 68 valence electrons. The maximum absolute atomic E-state index is 11.4. The summed E-state index contributed by atoms with van der Waals surface area (Å²) in [6, 6.07) is 0. The van der Waals surface area contributed by atoms with Crippen LogP contribution in [0.3, 0.4) is 0 Å². The summed E-state index contributed by atoms with van der Waals surface area (Å²) in [6.07, 6.45) is 0. The fourth-order valence-electron chi connectivity index (χ4n) is 0.641. The molecule has 0 saturated heterocycles. The lowest BCUT2D eigenvalue weighted by molar-refractivity contribution is -0.116. The highest BCUT2D eigenvalue weighted by Crippen LogP contribution is 2.52. The monoisotopic (exact) mass is 193 g/mol. The molecule has 0 heterocycles. The van der Waals surface area contributed by atoms with Crippen LogP contribution in [0.25, 0.3) is 4.98 Å². The van der Waals surface area contributed by atoms with E-state index in [-0.39, 0.29) is 0 Å². The fourth-order valence-corrected chi connectivity index (χ4v) is 1.76. The molecular weight excluding hydrogens is 183 g/mol. The highest BCUT2D eigenvalue weighted by Gasteiger charge is 2.49. The molecule has 0 unspecified atom stereocenters. The average Bonchev–Trinajstić information content (AvgIpc) is 2.04. The van der Waals surface area contributed by atoms with Gasteiger partial charge in [0.15, 0.2) is 0 Å². The Morgan fingerprint density at radius 1 is 1.50 bits per heavy atom. The molecule has 0 aromatic carbocycles. The summed E-state index contributed by atoms with van der Waals surface area (Å²) in [5, 5.41) is 8.37. The van der Waals surface area contributed by atoms with E-state index in [2.05, 4.69) is 14.0 Å². The number of nitrogens with zero attached hydrogens (tertiary/aromatic N) is 2. The van der Waals surface area contributed by atoms with Crippen molar-refractivity contribution in [1.29, 1.82) is 5.39 Å². The molecule has 12 heavy (non-hydrogen) atoms. The molecule has 1 atom stereocenters. The van der Waals surface area contributed by atoms with Gasteiger partial charge in [-0.15, -0.1) is 0 Å². The molecule has 6 nitrogen and oxygen atoms in total. The van der Waals surface area contributed by atoms with Crippen molar-refractivity contribution in [2.75, 3.05) is 14.2 Å². The van der Waals surface area contributed by atoms with Gasteiger partial charge in [-0.3, -0.25) is 9.36 Å². The van der Waals surface area contributed by atoms with Crippen molar-refractivity contribution in [1.82, 2.24) is 0 Å². The van der Waals surface area contributed by atoms with E-state index < -0.39 is 19.2 Å². The third-order valence-corrected chi connectivity index (χ3v) is 3.37. The lowest BCUT2D eigenvalue weighted by Gasteiger charge is -2.08. The van der Waals surface area contributed by atoms with Crippen molar-refractivity contribution in [2.24, 2.45) is 0 Å². The quantitative estimate of drug-likeness (QED) is 0.495. The third-order valence-electron chi connectivity index (χ3n) is 1.28. The molecule has 0 radical (unpaired) electrons. The Labute approximate surface area is 70.0 Å². The lowest BCUT2D eigenvalue weighted by Crippen LogP contribution is -2.15. The minimum absolute atomic E-state index is 0.579. The number of hydrogen-bond acceptors (Lipinski definition) is 5. The van der Waals surface area contributed by atoms with Crippen LogP contribution in [0.15, 0.2) is 0 Å². The molecular formula is C5H10N2O4P+. The van der Waals surface area contributed by atoms with E-state index in [0.29, 0.717) is 0 Å². The number of ketones is 1. The first-order valence-electron chi connectivity index (χ1n) is 3.07. The molecule has 0 fully saturated rings. The van der Waals surface area contributed by atoms with Gasteiger partial charge in [0.05, 0.1) is 0 Å². The van der Waals surface area contributed by atoms with Crippen LogP contribution in [0.4, 0.5) is 0 Å². The first kappa shape index (κ1) is 11.2. The fraction of sp³-hybridized carbons (Fsp3) is 0.800. The van der Waals surface area contributed by atoms with Gasteiger partial charge in [0.2, 0.25) is 11.2 Å². The van der Waals surface area contributed by atoms with Crippen LogP contribution in [0.2, 0.25) is 0 Å². The molecule has 0 aliphatic carbocycles. The van der Waals surface area contributed by atoms with Crippen LogP contribution in [-0.2, 0) is 18.4 Å². The number of carbonyl (C=O) groups excluding carboxylic acids is 1. The van der Waals surface area contributed by atoms with Crippen molar-refractivity contribution in [2.45, 2.75) is 12.7 Å². The first-order chi connectivity index (χ1) is 5.51. The van der Waals surface area contributed by atoms with Gasteiger partial charge in [-0.2, -0.15) is 0 Å². The lowest BCUT2D eigenvalue weighted by atomic mass is 10.5. The molecule has 0 N–H and O–H groups in total. The van der Waals surface area contributed by atoms with E-state index in [1.807, 2.05) is 0 Å². The number of hydrogen-bond donors (Lipinski definition) is 0. The molecule has 0 aliphatic rings. The zero-order chi connectivity index (χ0) is 9.78. The first-order valence-corrected chi connectivity index (χ1v) is 4.69. The van der Waals surface area contributed by atoms with Gasteiger partial charge in [0, 0.05) is 21.1 Å². The highest BCUT2D eigenvalue weighted by atomic mass is 31.2. The van der Waals surface area contributed by atoms with Crippen LogP contribution in [0.5, 0.6) is 0 Å². The number of Topliss-reactive ketones (excluding diaryl/α,β-unsaturated/α-hetero) is 1. The van der Waals surface area contributed by atoms with E-state index in [1.54, 1.807) is 0 Å². The Morgan fingerprint density at radius 3 is 2.00 bits per heavy atom. The largest absolute Gasteiger partial charge is 0.466 e. The molecule has 0 rings (SSSR count). The van der Waals surface area contributed by atoms with Crippen molar-refractivity contribution in [3.63, 3.8) is 0 Å². The SMILES string of the molecule is COP(=O)(OC)[C@@H]([N+]#N)C(C)=O. The van der Waals surface area contributed by atoms with Gasteiger partial charge >= 0.3 is 13.4 Å². The van der Waals surface area contributed by atoms with Crippen molar-refractivity contribution in [3.05, 3.63) is 4.98 Å². The maximum atomic E-state index is 11.4. The van der Waals surface area contributed by atoms with Gasteiger partial charge in [-0.25, -0.2) is 0 Å². The van der Waals surface area contributed by atoms with Crippen LogP contribution >= 0.6 is 7.60 Å². The van der Waals surface area contributed by atoms with Gasteiger partial charge in [-0.1, -0.05) is 0 Å². The maximum Gasteiger partial charge on any atom is 0.466 e. The zero-order valence-electron chi connectivity index (χ0n) is 7.05. The number of diazo groups is 1. The van der Waals surface area contributed by atoms with Crippen molar-refractivity contribution in [3.8, 4) is 0 Å². The Bertz CT molecular complexity index is 251. The topological polar surface area (TPSA) is 80.8 Å². The average molecular weight is 193 g/mol. The molecule has 7 heteroatoms. The molecule has 0 saturated carbocycles. The second-order valence-electron chi connectivity index (χ2n) is 2.00. The molecule has 0 aromatic rings. The number of carbonyl (C=O) groups is 1. The van der Waals surface area contributed by atoms with Crippen LogP contribution < -0.4 is 0 Å². The van der Waals surface area contributed by atoms with E-state index >= 15 is 0 Å². The summed E-state index contributed by atoms with van der Waals surface area (Å²) in [6.45, 7) is 1.13. The minimum atomic E-state index is -3.61. The smallest absolute Gasteiger partial charge is 0.306 e. The van der Waals surface area contributed by atoms with E-state index in [1.165, 1.54) is 0 Å². The Morgan fingerprint density at radius 2 is 1.92 bits per heavy atom. The minimum Gasteiger partial charge on any atom is -0.306 e. The third kappa shape index (κ3) is 2.11. The van der Waals surface area contributed by atoms with Gasteiger partial charge in [-0.05, 0) is 0 Å². The molecule has 0 aromatic heterocycles. The zero-order valence-corrected chi connectivity index (χ0v) is 7.95. The van der Waals surface area contributed by atoms with Crippen molar-refractivity contribution >= 4 is 13.4 Å². The predicted octanol–water partition coefficient (Wildman–Crippen LogP) is 1.24.